The highest BCUT2D eigenvalue weighted by molar-refractivity contribution is 7.34. The van der Waals surface area contributed by atoms with Crippen LogP contribution in [0.25, 0.3) is 0 Å². The van der Waals surface area contributed by atoms with E-state index in [0.717, 1.165) is 8.73 Å². The number of carboxylic acids is 1. The van der Waals surface area contributed by atoms with Gasteiger partial charge in [0.15, 0.2) is 0 Å². The smallest absolute Gasteiger partial charge is 0.306 e. The molecular formula is C8H17N2O2P. The maximum atomic E-state index is 10.6. The molecule has 4 nitrogen and oxygen atoms in total. The lowest BCUT2D eigenvalue weighted by molar-refractivity contribution is -0.142. The van der Waals surface area contributed by atoms with Gasteiger partial charge in [-0.25, -0.2) is 0 Å². The molecule has 5 heteroatoms. The van der Waals surface area contributed by atoms with Gasteiger partial charge in [0, 0.05) is 0 Å². The third-order valence-corrected chi connectivity index (χ3v) is 3.66. The Kier molecular flexibility index (Phi) is 3.65. The molecule has 0 aliphatic carbocycles. The van der Waals surface area contributed by atoms with Crippen molar-refractivity contribution in [3.63, 3.8) is 0 Å². The van der Waals surface area contributed by atoms with Crippen LogP contribution in [-0.2, 0) is 4.79 Å². The van der Waals surface area contributed by atoms with Crippen LogP contribution in [0, 0.1) is 5.92 Å². The second kappa shape index (κ2) is 4.36. The summed E-state index contributed by atoms with van der Waals surface area (Å²) in [6.07, 6.45) is 1.37. The molecule has 1 saturated heterocycles. The van der Waals surface area contributed by atoms with Crippen molar-refractivity contribution in [3.8, 4) is 0 Å². The second-order valence-corrected chi connectivity index (χ2v) is 4.43. The van der Waals surface area contributed by atoms with E-state index < -0.39 is 5.97 Å². The van der Waals surface area contributed by atoms with Gasteiger partial charge in [-0.2, -0.15) is 0 Å². The topological polar surface area (TPSA) is 52.6 Å². The van der Waals surface area contributed by atoms with Crippen molar-refractivity contribution < 1.29 is 9.90 Å². The Labute approximate surface area is 80.5 Å². The van der Waals surface area contributed by atoms with Gasteiger partial charge < -0.3 is 5.11 Å². The molecule has 1 aliphatic rings. The summed E-state index contributed by atoms with van der Waals surface area (Å²) in [6.45, 7) is 5.97. The molecule has 0 amide bonds. The van der Waals surface area contributed by atoms with Gasteiger partial charge in [0.1, 0.15) is 0 Å². The summed E-state index contributed by atoms with van der Waals surface area (Å²) in [5, 5.41) is 12.0. The molecule has 0 bridgehead atoms. The van der Waals surface area contributed by atoms with E-state index in [1.165, 1.54) is 0 Å². The Morgan fingerprint density at radius 1 is 1.77 bits per heavy atom. The van der Waals surface area contributed by atoms with Crippen LogP contribution in [0.3, 0.4) is 0 Å². The molecular weight excluding hydrogens is 187 g/mol. The Bertz CT molecular complexity index is 201. The summed E-state index contributed by atoms with van der Waals surface area (Å²) >= 11 is 0. The van der Waals surface area contributed by atoms with Gasteiger partial charge in [0.05, 0.1) is 18.2 Å². The number of rotatable bonds is 4. The lowest BCUT2D eigenvalue weighted by Crippen LogP contribution is -2.64. The van der Waals surface area contributed by atoms with E-state index in [-0.39, 0.29) is 12.1 Å². The monoisotopic (exact) mass is 204 g/mol. The standard InChI is InChI=1S/C8H17N2O2P/c1-5(8(11)12)4-7-9-6(2)10(7)13-3/h5-7,9,13H,4H2,1-3H3,(H,11,12). The van der Waals surface area contributed by atoms with Gasteiger partial charge in [-0.3, -0.25) is 14.8 Å². The van der Waals surface area contributed by atoms with E-state index in [0.29, 0.717) is 12.6 Å². The summed E-state index contributed by atoms with van der Waals surface area (Å²) in [6, 6.07) is 0. The van der Waals surface area contributed by atoms with Crippen LogP contribution in [0.5, 0.6) is 0 Å². The van der Waals surface area contributed by atoms with Gasteiger partial charge in [0.25, 0.3) is 0 Å². The fourth-order valence-electron chi connectivity index (χ4n) is 1.59. The van der Waals surface area contributed by atoms with Crippen LogP contribution < -0.4 is 5.32 Å². The number of carboxylic acid groups (broad SMARTS) is 1. The third-order valence-electron chi connectivity index (χ3n) is 2.44. The predicted octanol–water partition coefficient (Wildman–Crippen LogP) is 0.898. The van der Waals surface area contributed by atoms with Crippen LogP contribution >= 0.6 is 8.73 Å². The van der Waals surface area contributed by atoms with Gasteiger partial charge in [-0.05, 0) is 20.0 Å². The predicted molar refractivity (Wildman–Crippen MR) is 53.9 cm³/mol. The third kappa shape index (κ3) is 2.39. The molecule has 0 spiro atoms. The number of nitrogens with zero attached hydrogens (tertiary/aromatic N) is 1. The van der Waals surface area contributed by atoms with Crippen molar-refractivity contribution in [1.29, 1.82) is 0 Å². The Balaban J connectivity index is 2.35. The van der Waals surface area contributed by atoms with E-state index in [9.17, 15) is 4.79 Å². The van der Waals surface area contributed by atoms with Crippen molar-refractivity contribution >= 4 is 14.7 Å². The average molecular weight is 204 g/mol. The normalized spacial score (nSPS) is 31.9. The van der Waals surface area contributed by atoms with E-state index >= 15 is 0 Å². The molecule has 76 valence electrons. The highest BCUT2D eigenvalue weighted by atomic mass is 31.1. The molecule has 0 aromatic carbocycles. The number of nitrogens with one attached hydrogen (secondary N) is 1. The first-order valence-electron chi connectivity index (χ1n) is 4.50. The summed E-state index contributed by atoms with van der Waals surface area (Å²) in [5.74, 6) is -0.968. The first-order valence-corrected chi connectivity index (χ1v) is 5.95. The van der Waals surface area contributed by atoms with Crippen molar-refractivity contribution in [3.05, 3.63) is 0 Å². The number of hydrogen-bond donors (Lipinski definition) is 2. The van der Waals surface area contributed by atoms with Gasteiger partial charge in [-0.1, -0.05) is 15.7 Å². The fourth-order valence-corrected chi connectivity index (χ4v) is 2.55. The van der Waals surface area contributed by atoms with Crippen molar-refractivity contribution in [2.45, 2.75) is 32.6 Å². The van der Waals surface area contributed by atoms with Crippen molar-refractivity contribution in [2.75, 3.05) is 6.66 Å². The first kappa shape index (κ1) is 10.9. The largest absolute Gasteiger partial charge is 0.481 e. The second-order valence-electron chi connectivity index (χ2n) is 3.46. The minimum atomic E-state index is -0.708. The fraction of sp³-hybridized carbons (Fsp3) is 0.875. The zero-order valence-electron chi connectivity index (χ0n) is 8.24. The van der Waals surface area contributed by atoms with Crippen LogP contribution in [-0.4, -0.2) is 34.7 Å². The van der Waals surface area contributed by atoms with Gasteiger partial charge in [0.2, 0.25) is 0 Å². The Morgan fingerprint density at radius 3 is 2.77 bits per heavy atom. The minimum Gasteiger partial charge on any atom is -0.481 e. The van der Waals surface area contributed by atoms with Gasteiger partial charge >= 0.3 is 5.97 Å². The molecule has 13 heavy (non-hydrogen) atoms. The molecule has 1 aliphatic heterocycles. The Morgan fingerprint density at radius 2 is 2.38 bits per heavy atom. The van der Waals surface area contributed by atoms with Crippen molar-refractivity contribution in [2.24, 2.45) is 5.92 Å². The highest BCUT2D eigenvalue weighted by Gasteiger charge is 2.34. The molecule has 0 radical (unpaired) electrons. The maximum Gasteiger partial charge on any atom is 0.306 e. The van der Waals surface area contributed by atoms with Gasteiger partial charge in [-0.15, -0.1) is 0 Å². The summed E-state index contributed by atoms with van der Waals surface area (Å²) in [5.41, 5.74) is 0. The lowest BCUT2D eigenvalue weighted by atomic mass is 10.0. The molecule has 0 aromatic rings. The molecule has 1 rings (SSSR count). The quantitative estimate of drug-likeness (QED) is 0.668. The summed E-state index contributed by atoms with van der Waals surface area (Å²) in [7, 11) is 0.750. The maximum absolute atomic E-state index is 10.6. The number of aliphatic carboxylic acids is 1. The SMILES string of the molecule is CPN1C(C)NC1CC(C)C(=O)O. The molecule has 4 unspecified atom stereocenters. The first-order chi connectivity index (χ1) is 6.06. The Hall–Kier alpha value is -0.180. The number of carbonyl (C=O) groups is 1. The summed E-state index contributed by atoms with van der Waals surface area (Å²) in [4.78, 5) is 10.6. The van der Waals surface area contributed by atoms with E-state index in [1.807, 2.05) is 0 Å². The van der Waals surface area contributed by atoms with Crippen LogP contribution in [0.1, 0.15) is 20.3 Å². The molecule has 1 heterocycles. The molecule has 0 saturated carbocycles. The lowest BCUT2D eigenvalue weighted by Gasteiger charge is -2.48. The van der Waals surface area contributed by atoms with E-state index in [1.54, 1.807) is 6.92 Å². The van der Waals surface area contributed by atoms with Crippen LogP contribution in [0.15, 0.2) is 0 Å². The van der Waals surface area contributed by atoms with Crippen LogP contribution in [0.2, 0.25) is 0 Å². The van der Waals surface area contributed by atoms with E-state index in [4.69, 9.17) is 5.11 Å². The summed E-state index contributed by atoms with van der Waals surface area (Å²) < 4.78 is 2.29. The molecule has 1 fully saturated rings. The van der Waals surface area contributed by atoms with E-state index in [2.05, 4.69) is 23.6 Å². The average Bonchev–Trinajstić information content (AvgIpc) is 2.03. The highest BCUT2D eigenvalue weighted by Crippen LogP contribution is 2.30. The van der Waals surface area contributed by atoms with Crippen molar-refractivity contribution in [1.82, 2.24) is 9.99 Å². The minimum absolute atomic E-state index is 0.260. The molecule has 0 aromatic heterocycles. The zero-order chi connectivity index (χ0) is 10.0. The number of hydrogen-bond acceptors (Lipinski definition) is 3. The van der Waals surface area contributed by atoms with Crippen LogP contribution in [0.4, 0.5) is 0 Å². The molecule has 2 N–H and O–H groups in total. The zero-order valence-corrected chi connectivity index (χ0v) is 9.24. The molecule has 4 atom stereocenters.